The molecular weight excluding hydrogens is 360 g/mol. The highest BCUT2D eigenvalue weighted by Crippen LogP contribution is 2.25. The molecule has 0 saturated carbocycles. The Morgan fingerprint density at radius 2 is 2.30 bits per heavy atom. The van der Waals surface area contributed by atoms with E-state index >= 15 is 0 Å². The summed E-state index contributed by atoms with van der Waals surface area (Å²) in [4.78, 5) is 11.0. The Kier molecular flexibility index (Phi) is 7.93. The summed E-state index contributed by atoms with van der Waals surface area (Å²) in [5, 5.41) is 5.82. The standard InChI is InChI=1S/C20H34N4O2S/c1-16(23-8-5-19-18(14-23)6-11-27-19)12-22-20(21-2)24-7-4-17(13-24)15-26-10-9-25-3/h6,11,16-17H,4-5,7-10,12-15H2,1-3H3,(H,21,22). The number of guanidine groups is 1. The van der Waals surface area contributed by atoms with E-state index in [1.807, 2.05) is 18.4 Å². The molecule has 0 spiro atoms. The normalized spacial score (nSPS) is 22.1. The van der Waals surface area contributed by atoms with E-state index in [4.69, 9.17) is 9.47 Å². The predicted molar refractivity (Wildman–Crippen MR) is 112 cm³/mol. The fraction of sp³-hybridized carbons (Fsp3) is 0.750. The molecule has 2 unspecified atom stereocenters. The minimum atomic E-state index is 0.491. The Bertz CT molecular complexity index is 607. The second kappa shape index (κ2) is 10.4. The molecule has 3 rings (SSSR count). The second-order valence-corrected chi connectivity index (χ2v) is 8.54. The van der Waals surface area contributed by atoms with Gasteiger partial charge in [0.1, 0.15) is 0 Å². The van der Waals surface area contributed by atoms with Crippen molar-refractivity contribution < 1.29 is 9.47 Å². The molecule has 0 amide bonds. The van der Waals surface area contributed by atoms with Gasteiger partial charge in [0.2, 0.25) is 0 Å². The first-order valence-corrected chi connectivity index (χ1v) is 10.9. The van der Waals surface area contributed by atoms with Crippen molar-refractivity contribution in [2.24, 2.45) is 10.9 Å². The quantitative estimate of drug-likeness (QED) is 0.415. The Morgan fingerprint density at radius 1 is 1.41 bits per heavy atom. The summed E-state index contributed by atoms with van der Waals surface area (Å²) in [6.45, 7) is 9.69. The lowest BCUT2D eigenvalue weighted by molar-refractivity contribution is 0.0536. The summed E-state index contributed by atoms with van der Waals surface area (Å²) in [6, 6.07) is 2.77. The molecule has 3 heterocycles. The molecule has 1 N–H and O–H groups in total. The summed E-state index contributed by atoms with van der Waals surface area (Å²) >= 11 is 1.90. The summed E-state index contributed by atoms with van der Waals surface area (Å²) in [5.41, 5.74) is 1.51. The Morgan fingerprint density at radius 3 is 3.11 bits per heavy atom. The third kappa shape index (κ3) is 5.67. The van der Waals surface area contributed by atoms with Crippen LogP contribution < -0.4 is 5.32 Å². The van der Waals surface area contributed by atoms with E-state index < -0.39 is 0 Å². The number of nitrogens with zero attached hydrogens (tertiary/aromatic N) is 3. The van der Waals surface area contributed by atoms with Gasteiger partial charge in [-0.3, -0.25) is 9.89 Å². The zero-order chi connectivity index (χ0) is 19.1. The number of nitrogens with one attached hydrogen (secondary N) is 1. The third-order valence-electron chi connectivity index (χ3n) is 5.60. The number of methoxy groups -OCH3 is 1. The molecule has 0 aliphatic carbocycles. The predicted octanol–water partition coefficient (Wildman–Crippen LogP) is 2.05. The van der Waals surface area contributed by atoms with Crippen LogP contribution in [0.3, 0.4) is 0 Å². The minimum absolute atomic E-state index is 0.491. The zero-order valence-corrected chi connectivity index (χ0v) is 17.8. The molecule has 1 aromatic heterocycles. The number of hydrogen-bond donors (Lipinski definition) is 1. The molecule has 6 nitrogen and oxygen atoms in total. The van der Waals surface area contributed by atoms with Crippen LogP contribution >= 0.6 is 11.3 Å². The van der Waals surface area contributed by atoms with Crippen LogP contribution in [0.2, 0.25) is 0 Å². The number of ether oxygens (including phenoxy) is 2. The van der Waals surface area contributed by atoms with Gasteiger partial charge < -0.3 is 19.7 Å². The summed E-state index contributed by atoms with van der Waals surface area (Å²) in [7, 11) is 3.59. The van der Waals surface area contributed by atoms with Gasteiger partial charge >= 0.3 is 0 Å². The van der Waals surface area contributed by atoms with Gasteiger partial charge in [0.05, 0.1) is 19.8 Å². The van der Waals surface area contributed by atoms with E-state index in [2.05, 4.69) is 38.5 Å². The van der Waals surface area contributed by atoms with Crippen LogP contribution in [0.25, 0.3) is 0 Å². The Balaban J connectivity index is 1.40. The number of fused-ring (bicyclic) bond motifs is 1. The summed E-state index contributed by atoms with van der Waals surface area (Å²) in [5.74, 6) is 1.60. The number of hydrogen-bond acceptors (Lipinski definition) is 5. The van der Waals surface area contributed by atoms with Crippen LogP contribution in [-0.2, 0) is 22.4 Å². The van der Waals surface area contributed by atoms with Crippen molar-refractivity contribution in [1.82, 2.24) is 15.1 Å². The van der Waals surface area contributed by atoms with E-state index in [0.717, 1.165) is 51.7 Å². The molecule has 1 aromatic rings. The van der Waals surface area contributed by atoms with Crippen LogP contribution in [0.5, 0.6) is 0 Å². The smallest absolute Gasteiger partial charge is 0.193 e. The monoisotopic (exact) mass is 394 g/mol. The molecule has 1 saturated heterocycles. The van der Waals surface area contributed by atoms with Gasteiger partial charge in [-0.15, -0.1) is 11.3 Å². The highest BCUT2D eigenvalue weighted by Gasteiger charge is 2.26. The maximum atomic E-state index is 5.70. The third-order valence-corrected chi connectivity index (χ3v) is 6.62. The van der Waals surface area contributed by atoms with Gasteiger partial charge in [-0.1, -0.05) is 0 Å². The Hall–Kier alpha value is -1.15. The molecule has 2 aliphatic rings. The lowest BCUT2D eigenvalue weighted by atomic mass is 10.1. The first kappa shape index (κ1) is 20.6. The van der Waals surface area contributed by atoms with E-state index in [-0.39, 0.29) is 0 Å². The largest absolute Gasteiger partial charge is 0.382 e. The maximum Gasteiger partial charge on any atom is 0.193 e. The first-order valence-electron chi connectivity index (χ1n) is 10.0. The van der Waals surface area contributed by atoms with Crippen molar-refractivity contribution in [3.8, 4) is 0 Å². The van der Waals surface area contributed by atoms with E-state index in [9.17, 15) is 0 Å². The highest BCUT2D eigenvalue weighted by molar-refractivity contribution is 7.10. The van der Waals surface area contributed by atoms with Crippen molar-refractivity contribution in [2.75, 3.05) is 60.2 Å². The average Bonchev–Trinajstić information content (AvgIpc) is 3.34. The average molecular weight is 395 g/mol. The van der Waals surface area contributed by atoms with Crippen molar-refractivity contribution >= 4 is 17.3 Å². The van der Waals surface area contributed by atoms with Crippen LogP contribution in [-0.4, -0.2) is 82.0 Å². The van der Waals surface area contributed by atoms with Crippen LogP contribution in [0.4, 0.5) is 0 Å². The van der Waals surface area contributed by atoms with E-state index in [1.165, 1.54) is 12.0 Å². The molecule has 7 heteroatoms. The summed E-state index contributed by atoms with van der Waals surface area (Å²) in [6.07, 6.45) is 2.35. The topological polar surface area (TPSA) is 49.3 Å². The van der Waals surface area contributed by atoms with E-state index in [1.54, 1.807) is 12.0 Å². The van der Waals surface area contributed by atoms with E-state index in [0.29, 0.717) is 25.2 Å². The fourth-order valence-electron chi connectivity index (χ4n) is 3.90. The molecule has 0 bridgehead atoms. The number of aliphatic imine (C=N–C) groups is 1. The van der Waals surface area contributed by atoms with Crippen LogP contribution in [0.1, 0.15) is 23.8 Å². The fourth-order valence-corrected chi connectivity index (χ4v) is 4.79. The van der Waals surface area contributed by atoms with Gasteiger partial charge in [0.15, 0.2) is 5.96 Å². The molecule has 2 aliphatic heterocycles. The zero-order valence-electron chi connectivity index (χ0n) is 16.9. The first-order chi connectivity index (χ1) is 13.2. The van der Waals surface area contributed by atoms with Crippen molar-refractivity contribution in [3.63, 3.8) is 0 Å². The second-order valence-electron chi connectivity index (χ2n) is 7.54. The SMILES string of the molecule is CN=C(NCC(C)N1CCc2sccc2C1)N1CCC(COCCOC)C1. The van der Waals surface area contributed by atoms with Gasteiger partial charge in [-0.25, -0.2) is 0 Å². The lowest BCUT2D eigenvalue weighted by Crippen LogP contribution is -2.48. The van der Waals surface area contributed by atoms with Gasteiger partial charge in [-0.2, -0.15) is 0 Å². The molecular formula is C20H34N4O2S. The van der Waals surface area contributed by atoms with Crippen molar-refractivity contribution in [2.45, 2.75) is 32.4 Å². The Labute approximate surface area is 167 Å². The number of thiophene rings is 1. The molecule has 0 radical (unpaired) electrons. The van der Waals surface area contributed by atoms with Crippen molar-refractivity contribution in [1.29, 1.82) is 0 Å². The number of rotatable bonds is 8. The molecule has 27 heavy (non-hydrogen) atoms. The summed E-state index contributed by atoms with van der Waals surface area (Å²) < 4.78 is 10.7. The van der Waals surface area contributed by atoms with Crippen molar-refractivity contribution in [3.05, 3.63) is 21.9 Å². The molecule has 1 fully saturated rings. The van der Waals surface area contributed by atoms with Crippen LogP contribution in [0, 0.1) is 5.92 Å². The molecule has 152 valence electrons. The van der Waals surface area contributed by atoms with Gasteiger partial charge in [0.25, 0.3) is 0 Å². The molecule has 0 aromatic carbocycles. The lowest BCUT2D eigenvalue weighted by Gasteiger charge is -2.33. The van der Waals surface area contributed by atoms with Gasteiger partial charge in [0, 0.05) is 63.7 Å². The van der Waals surface area contributed by atoms with Crippen LogP contribution in [0.15, 0.2) is 16.4 Å². The maximum absolute atomic E-state index is 5.70. The minimum Gasteiger partial charge on any atom is -0.382 e. The highest BCUT2D eigenvalue weighted by atomic mass is 32.1. The molecule has 2 atom stereocenters. The van der Waals surface area contributed by atoms with Gasteiger partial charge in [-0.05, 0) is 36.8 Å². The number of likely N-dealkylation sites (tertiary alicyclic amines) is 1.